The Hall–Kier alpha value is -0.800. The summed E-state index contributed by atoms with van der Waals surface area (Å²) in [5.74, 6) is 0.595. The largest absolute Gasteiger partial charge is 0.508 e. The second kappa shape index (κ2) is 6.98. The van der Waals surface area contributed by atoms with Gasteiger partial charge in [0.05, 0.1) is 0 Å². The van der Waals surface area contributed by atoms with Crippen LogP contribution in [0.1, 0.15) is 45.3 Å². The first kappa shape index (κ1) is 17.0. The van der Waals surface area contributed by atoms with Gasteiger partial charge in [-0.1, -0.05) is 67.2 Å². The standard InChI is InChI=1S/C18H20O2.CH4IP/c1-17(2)11-18(3,12-4-6-13(19)7-5-12)16-10-14(20)8-9-15(16)17;1-3-2/h4-10,19-20H,11H2,1-3H3;3H,1H3/i;1T. The summed E-state index contributed by atoms with van der Waals surface area (Å²) < 4.78 is 6.46. The minimum atomic E-state index is -0.134. The maximum atomic E-state index is 9.85. The Kier molecular flexibility index (Phi) is 5.17. The van der Waals surface area contributed by atoms with Crippen LogP contribution in [0.15, 0.2) is 42.5 Å². The van der Waals surface area contributed by atoms with Crippen molar-refractivity contribution in [3.05, 3.63) is 59.2 Å². The number of hydrogen-bond acceptors (Lipinski definition) is 2. The molecule has 1 aliphatic carbocycles. The van der Waals surface area contributed by atoms with Crippen molar-refractivity contribution in [2.45, 2.75) is 38.0 Å². The minimum Gasteiger partial charge on any atom is -0.508 e. The van der Waals surface area contributed by atoms with Crippen molar-refractivity contribution in [1.82, 2.24) is 0 Å². The molecule has 2 aromatic carbocycles. The van der Waals surface area contributed by atoms with E-state index in [1.165, 1.54) is 16.7 Å². The summed E-state index contributed by atoms with van der Waals surface area (Å²) in [7, 11) is 0. The summed E-state index contributed by atoms with van der Waals surface area (Å²) in [6.07, 6.45) is 1.77. The van der Waals surface area contributed by atoms with Gasteiger partial charge in [-0.3, -0.25) is 0 Å². The van der Waals surface area contributed by atoms with Crippen LogP contribution in [0.3, 0.4) is 0 Å². The molecule has 2 aromatic rings. The highest BCUT2D eigenvalue weighted by atomic mass is 127. The van der Waals surface area contributed by atoms with Gasteiger partial charge in [0.2, 0.25) is 0 Å². The van der Waals surface area contributed by atoms with E-state index in [2.05, 4.69) is 42.8 Å². The Morgan fingerprint density at radius 3 is 2.13 bits per heavy atom. The van der Waals surface area contributed by atoms with Gasteiger partial charge in [0.1, 0.15) is 11.5 Å². The Bertz CT molecular complexity index is 701. The summed E-state index contributed by atoms with van der Waals surface area (Å²) in [4.78, 5) is 0. The lowest BCUT2D eigenvalue weighted by molar-refractivity contribution is 0.423. The first-order valence-corrected chi connectivity index (χ1v) is 11.8. The molecule has 124 valence electrons. The van der Waals surface area contributed by atoms with Gasteiger partial charge >= 0.3 is 0 Å². The third-order valence-electron chi connectivity index (χ3n) is 4.63. The van der Waals surface area contributed by atoms with E-state index in [-0.39, 0.29) is 16.6 Å². The van der Waals surface area contributed by atoms with Gasteiger partial charge < -0.3 is 10.2 Å². The molecule has 2 nitrogen and oxygen atoms in total. The molecule has 2 atom stereocenters. The van der Waals surface area contributed by atoms with E-state index in [0.717, 1.165) is 12.6 Å². The van der Waals surface area contributed by atoms with Crippen molar-refractivity contribution in [1.29, 1.82) is 0 Å². The monoisotopic (exact) mass is 444 g/mol. The average molecular weight is 444 g/mol. The fourth-order valence-corrected chi connectivity index (χ4v) is 3.74. The molecule has 0 bridgehead atoms. The van der Waals surface area contributed by atoms with Crippen LogP contribution in [0.5, 0.6) is 11.5 Å². The minimum absolute atomic E-state index is 0.0790. The second-order valence-corrected chi connectivity index (χ2v) is 9.36. The third kappa shape index (κ3) is 3.66. The van der Waals surface area contributed by atoms with Crippen molar-refractivity contribution in [2.75, 3.05) is 6.64 Å². The third-order valence-corrected chi connectivity index (χ3v) is 4.63. The predicted octanol–water partition coefficient (Wildman–Crippen LogP) is 5.73. The van der Waals surface area contributed by atoms with Crippen LogP contribution in [0.2, 0.25) is 0 Å². The first-order valence-electron chi connectivity index (χ1n) is 8.21. The zero-order valence-electron chi connectivity index (χ0n) is 14.7. The summed E-state index contributed by atoms with van der Waals surface area (Å²) in [5.41, 5.74) is 3.60. The molecule has 4 heteroatoms. The normalized spacial score (nSPS) is 22.3. The van der Waals surface area contributed by atoms with Crippen LogP contribution in [-0.2, 0) is 10.8 Å². The van der Waals surface area contributed by atoms with Crippen LogP contribution in [0.4, 0.5) is 0 Å². The highest BCUT2D eigenvalue weighted by molar-refractivity contribution is 14.2. The number of hydrogen-bond donors (Lipinski definition) is 2. The summed E-state index contributed by atoms with van der Waals surface area (Å²) in [6, 6.07) is 13.1. The Morgan fingerprint density at radius 1 is 1.00 bits per heavy atom. The molecular weight excluding hydrogens is 418 g/mol. The molecule has 0 saturated heterocycles. The highest BCUT2D eigenvalue weighted by Gasteiger charge is 2.45. The number of phenolic OH excluding ortho intramolecular Hbond substituents is 2. The van der Waals surface area contributed by atoms with Crippen molar-refractivity contribution in [3.63, 3.8) is 0 Å². The molecule has 0 fully saturated rings. The van der Waals surface area contributed by atoms with Gasteiger partial charge in [-0.25, -0.2) is 0 Å². The average Bonchev–Trinajstić information content (AvgIpc) is 2.75. The SMILES string of the molecule is CC1(C)CC(C)(c2ccc(O)cc2)c2cc(O)ccc21.[3H]CPI. The van der Waals surface area contributed by atoms with Crippen LogP contribution >= 0.6 is 28.3 Å². The van der Waals surface area contributed by atoms with E-state index in [0.29, 0.717) is 12.4 Å². The maximum Gasteiger partial charge on any atom is 0.115 e. The van der Waals surface area contributed by atoms with Gasteiger partial charge in [0.25, 0.3) is 0 Å². The lowest BCUT2D eigenvalue weighted by Crippen LogP contribution is -2.23. The van der Waals surface area contributed by atoms with Crippen molar-refractivity contribution >= 4 is 28.3 Å². The lowest BCUT2D eigenvalue weighted by atomic mass is 9.75. The van der Waals surface area contributed by atoms with Crippen molar-refractivity contribution in [2.24, 2.45) is 0 Å². The van der Waals surface area contributed by atoms with E-state index in [1.54, 1.807) is 18.2 Å². The first-order chi connectivity index (χ1) is 11.2. The Labute approximate surface area is 155 Å². The number of rotatable bonds is 1. The van der Waals surface area contributed by atoms with Gasteiger partial charge in [-0.05, 0) is 59.4 Å². The molecule has 0 aromatic heterocycles. The van der Waals surface area contributed by atoms with Crippen LogP contribution in [0.25, 0.3) is 0 Å². The molecule has 0 spiro atoms. The summed E-state index contributed by atoms with van der Waals surface area (Å²) >= 11 is 2.19. The Morgan fingerprint density at radius 2 is 1.57 bits per heavy atom. The zero-order chi connectivity index (χ0) is 18.0. The van der Waals surface area contributed by atoms with E-state index >= 15 is 0 Å². The highest BCUT2D eigenvalue weighted by Crippen LogP contribution is 2.53. The van der Waals surface area contributed by atoms with E-state index in [9.17, 15) is 10.2 Å². The van der Waals surface area contributed by atoms with Gasteiger partial charge in [-0.15, -0.1) is 0 Å². The van der Waals surface area contributed by atoms with E-state index in [4.69, 9.17) is 1.37 Å². The van der Waals surface area contributed by atoms with Crippen molar-refractivity contribution in [3.8, 4) is 11.5 Å². The molecule has 3 rings (SSSR count). The number of phenols is 2. The van der Waals surface area contributed by atoms with Crippen molar-refractivity contribution < 1.29 is 11.6 Å². The maximum absolute atomic E-state index is 9.85. The molecule has 23 heavy (non-hydrogen) atoms. The van der Waals surface area contributed by atoms with E-state index < -0.39 is 0 Å². The lowest BCUT2D eigenvalue weighted by Gasteiger charge is -2.28. The number of benzene rings is 2. The second-order valence-electron chi connectivity index (χ2n) is 6.80. The molecule has 0 saturated carbocycles. The predicted molar refractivity (Wildman–Crippen MR) is 109 cm³/mol. The van der Waals surface area contributed by atoms with E-state index in [1.807, 2.05) is 24.3 Å². The molecule has 2 unspecified atom stereocenters. The molecule has 2 N–H and O–H groups in total. The van der Waals surface area contributed by atoms with Crippen LogP contribution < -0.4 is 0 Å². The fraction of sp³-hybridized carbons (Fsp3) is 0.368. The molecule has 0 heterocycles. The number of fused-ring (bicyclic) bond motifs is 1. The van der Waals surface area contributed by atoms with Crippen LogP contribution in [-0.4, -0.2) is 16.9 Å². The summed E-state index contributed by atoms with van der Waals surface area (Å²) in [6.45, 7) is 7.29. The smallest absolute Gasteiger partial charge is 0.115 e. The fourth-order valence-electron chi connectivity index (χ4n) is 3.74. The topological polar surface area (TPSA) is 40.5 Å². The molecule has 0 aliphatic heterocycles. The Balaban J connectivity index is 0.000000471. The molecular formula is C19H24IO2P. The molecule has 1 aliphatic rings. The van der Waals surface area contributed by atoms with Crippen LogP contribution in [0, 0.1) is 0 Å². The van der Waals surface area contributed by atoms with Gasteiger partial charge in [0.15, 0.2) is 0 Å². The zero-order valence-corrected chi connectivity index (χ0v) is 16.9. The summed E-state index contributed by atoms with van der Waals surface area (Å²) in [5, 5.41) is 19.3. The van der Waals surface area contributed by atoms with Gasteiger partial charge in [0, 0.05) is 6.79 Å². The molecule has 0 amide bonds. The quantitative estimate of drug-likeness (QED) is 0.436. The van der Waals surface area contributed by atoms with Gasteiger partial charge in [-0.2, -0.15) is 0 Å². The number of aromatic hydroxyl groups is 2. The number of halogens is 1. The molecule has 0 radical (unpaired) electrons.